The summed E-state index contributed by atoms with van der Waals surface area (Å²) in [7, 11) is 0. The van der Waals surface area contributed by atoms with Gasteiger partial charge in [0.15, 0.2) is 0 Å². The van der Waals surface area contributed by atoms with Gasteiger partial charge in [-0.15, -0.1) is 11.3 Å². The van der Waals surface area contributed by atoms with Crippen molar-refractivity contribution in [2.24, 2.45) is 11.8 Å². The van der Waals surface area contributed by atoms with Gasteiger partial charge in [0.2, 0.25) is 11.8 Å². The Balaban J connectivity index is 1.59. The molecule has 0 aromatic carbocycles. The van der Waals surface area contributed by atoms with Crippen molar-refractivity contribution in [2.75, 3.05) is 19.6 Å². The predicted octanol–water partition coefficient (Wildman–Crippen LogP) is 1.43. The van der Waals surface area contributed by atoms with Gasteiger partial charge in [0.05, 0.1) is 17.2 Å². The van der Waals surface area contributed by atoms with Gasteiger partial charge in [-0.2, -0.15) is 0 Å². The zero-order valence-electron chi connectivity index (χ0n) is 15.8. The van der Waals surface area contributed by atoms with E-state index in [9.17, 15) is 14.4 Å². The van der Waals surface area contributed by atoms with E-state index in [2.05, 4.69) is 15.2 Å². The van der Waals surface area contributed by atoms with Crippen molar-refractivity contribution in [2.45, 2.75) is 51.6 Å². The molecule has 0 aliphatic carbocycles. The number of likely N-dealkylation sites (tertiary alicyclic amines) is 1. The Labute approximate surface area is 163 Å². The number of aromatic nitrogens is 1. The van der Waals surface area contributed by atoms with Gasteiger partial charge in [-0.25, -0.2) is 4.98 Å². The Morgan fingerprint density at radius 2 is 2.11 bits per heavy atom. The van der Waals surface area contributed by atoms with Gasteiger partial charge in [0.1, 0.15) is 4.88 Å². The maximum Gasteiger partial charge on any atom is 0.265 e. The number of nitrogens with zero attached hydrogens (tertiary/aromatic N) is 3. The Morgan fingerprint density at radius 1 is 1.33 bits per heavy atom. The number of thiazole rings is 1. The molecule has 4 atom stereocenters. The van der Waals surface area contributed by atoms with Gasteiger partial charge in [-0.1, -0.05) is 0 Å². The molecule has 3 fully saturated rings. The summed E-state index contributed by atoms with van der Waals surface area (Å²) >= 11 is 1.39. The average Bonchev–Trinajstić information content (AvgIpc) is 3.07. The van der Waals surface area contributed by atoms with E-state index < -0.39 is 0 Å². The lowest BCUT2D eigenvalue weighted by Crippen LogP contribution is -2.67. The summed E-state index contributed by atoms with van der Waals surface area (Å²) in [6.07, 6.45) is 3.51. The molecular weight excluding hydrogens is 364 g/mol. The Hall–Kier alpha value is -1.96. The van der Waals surface area contributed by atoms with Gasteiger partial charge in [-0.3, -0.25) is 14.4 Å². The molecule has 7 nitrogen and oxygen atoms in total. The zero-order chi connectivity index (χ0) is 19.1. The molecule has 3 aliphatic rings. The third-order valence-electron chi connectivity index (χ3n) is 6.28. The number of fused-ring (bicyclic) bond motifs is 4. The first-order valence-corrected chi connectivity index (χ1v) is 10.6. The molecule has 4 heterocycles. The standard InChI is InChI=1S/C19H26N4O3S/c1-11-18(27-10-21-11)19(26)22-8-13-6-14(9-22)16(7-20-12(2)24)23-15(13)4-3-5-17(23)25/h10,13-16H,3-9H2,1-2H3,(H,20,24)/t13-,14+,15+,16+/m1/s1. The lowest BCUT2D eigenvalue weighted by molar-refractivity contribution is -0.151. The minimum absolute atomic E-state index is 0.0268. The maximum absolute atomic E-state index is 13.1. The van der Waals surface area contributed by atoms with Crippen LogP contribution in [-0.2, 0) is 9.59 Å². The molecule has 2 bridgehead atoms. The number of piperidine rings is 3. The molecule has 4 rings (SSSR count). The average molecular weight is 391 g/mol. The van der Waals surface area contributed by atoms with E-state index >= 15 is 0 Å². The number of carbonyl (C=O) groups is 3. The van der Waals surface area contributed by atoms with E-state index in [1.54, 1.807) is 5.51 Å². The summed E-state index contributed by atoms with van der Waals surface area (Å²) in [4.78, 5) is 46.2. The normalized spacial score (nSPS) is 30.1. The molecule has 146 valence electrons. The molecule has 3 amide bonds. The summed E-state index contributed by atoms with van der Waals surface area (Å²) in [5.41, 5.74) is 2.50. The summed E-state index contributed by atoms with van der Waals surface area (Å²) in [5.74, 6) is 0.694. The van der Waals surface area contributed by atoms with Crippen molar-refractivity contribution < 1.29 is 14.4 Å². The Bertz CT molecular complexity index is 764. The van der Waals surface area contributed by atoms with Crippen LogP contribution in [0.1, 0.15) is 48.0 Å². The molecule has 0 radical (unpaired) electrons. The van der Waals surface area contributed by atoms with Crippen LogP contribution in [0.4, 0.5) is 0 Å². The molecule has 1 N–H and O–H groups in total. The molecule has 1 aromatic rings. The molecule has 8 heteroatoms. The summed E-state index contributed by atoms with van der Waals surface area (Å²) in [6.45, 7) is 5.18. The smallest absolute Gasteiger partial charge is 0.265 e. The number of hydrogen-bond acceptors (Lipinski definition) is 5. The fourth-order valence-corrected chi connectivity index (χ4v) is 5.87. The van der Waals surface area contributed by atoms with Gasteiger partial charge in [-0.05, 0) is 38.0 Å². The highest BCUT2D eigenvalue weighted by molar-refractivity contribution is 7.11. The number of rotatable bonds is 3. The van der Waals surface area contributed by atoms with Crippen LogP contribution in [0.3, 0.4) is 0 Å². The second kappa shape index (κ2) is 7.22. The molecule has 3 aliphatic heterocycles. The molecule has 0 spiro atoms. The second-order valence-corrected chi connectivity index (χ2v) is 8.85. The van der Waals surface area contributed by atoms with Crippen LogP contribution in [0.5, 0.6) is 0 Å². The molecule has 3 saturated heterocycles. The van der Waals surface area contributed by atoms with E-state index in [4.69, 9.17) is 0 Å². The molecule has 1 aromatic heterocycles. The molecule has 27 heavy (non-hydrogen) atoms. The van der Waals surface area contributed by atoms with Crippen molar-refractivity contribution in [3.8, 4) is 0 Å². The van der Waals surface area contributed by atoms with Crippen LogP contribution >= 0.6 is 11.3 Å². The second-order valence-electron chi connectivity index (χ2n) is 8.00. The summed E-state index contributed by atoms with van der Waals surface area (Å²) < 4.78 is 0. The number of aryl methyl sites for hydroxylation is 1. The monoisotopic (exact) mass is 390 g/mol. The van der Waals surface area contributed by atoms with Crippen LogP contribution in [0, 0.1) is 18.8 Å². The van der Waals surface area contributed by atoms with Gasteiger partial charge < -0.3 is 15.1 Å². The first-order chi connectivity index (χ1) is 13.0. The van der Waals surface area contributed by atoms with Crippen molar-refractivity contribution in [1.29, 1.82) is 0 Å². The van der Waals surface area contributed by atoms with Crippen molar-refractivity contribution in [1.82, 2.24) is 20.1 Å². The number of hydrogen-bond donors (Lipinski definition) is 1. The number of nitrogens with one attached hydrogen (secondary N) is 1. The first-order valence-electron chi connectivity index (χ1n) is 9.70. The lowest BCUT2D eigenvalue weighted by atomic mass is 9.72. The third kappa shape index (κ3) is 3.35. The van der Waals surface area contributed by atoms with Crippen molar-refractivity contribution in [3.05, 3.63) is 16.1 Å². The summed E-state index contributed by atoms with van der Waals surface area (Å²) in [6, 6.07) is 0.153. The lowest BCUT2D eigenvalue weighted by Gasteiger charge is -2.56. The topological polar surface area (TPSA) is 82.6 Å². The molecule has 0 unspecified atom stereocenters. The largest absolute Gasteiger partial charge is 0.354 e. The van der Waals surface area contributed by atoms with Crippen LogP contribution in [0.2, 0.25) is 0 Å². The van der Waals surface area contributed by atoms with E-state index in [0.717, 1.165) is 25.0 Å². The van der Waals surface area contributed by atoms with Crippen LogP contribution in [0.25, 0.3) is 0 Å². The molecule has 0 saturated carbocycles. The van der Waals surface area contributed by atoms with E-state index in [1.165, 1.54) is 18.3 Å². The highest BCUT2D eigenvalue weighted by Crippen LogP contribution is 2.41. The predicted molar refractivity (Wildman–Crippen MR) is 101 cm³/mol. The highest BCUT2D eigenvalue weighted by Gasteiger charge is 2.50. The van der Waals surface area contributed by atoms with E-state index in [0.29, 0.717) is 36.9 Å². The minimum Gasteiger partial charge on any atom is -0.354 e. The van der Waals surface area contributed by atoms with Crippen LogP contribution < -0.4 is 5.32 Å². The van der Waals surface area contributed by atoms with Crippen molar-refractivity contribution in [3.63, 3.8) is 0 Å². The fourth-order valence-electron chi connectivity index (χ4n) is 5.10. The Kier molecular flexibility index (Phi) is 4.92. The SMILES string of the molecule is CC(=O)NC[C@H]1[C@H]2C[C@H](CN(C(=O)c3scnc3C)C2)[C@@H]2CCCC(=O)N21. The maximum atomic E-state index is 13.1. The fraction of sp³-hybridized carbons (Fsp3) is 0.684. The van der Waals surface area contributed by atoms with Gasteiger partial charge >= 0.3 is 0 Å². The van der Waals surface area contributed by atoms with E-state index in [-0.39, 0.29) is 35.7 Å². The van der Waals surface area contributed by atoms with E-state index in [1.807, 2.05) is 11.8 Å². The third-order valence-corrected chi connectivity index (χ3v) is 7.20. The minimum atomic E-state index is -0.0813. The van der Waals surface area contributed by atoms with Gasteiger partial charge in [0.25, 0.3) is 5.91 Å². The summed E-state index contributed by atoms with van der Waals surface area (Å²) in [5, 5.41) is 2.91. The molecular formula is C19H26N4O3S. The number of carbonyl (C=O) groups excluding carboxylic acids is 3. The van der Waals surface area contributed by atoms with Crippen LogP contribution in [0.15, 0.2) is 5.51 Å². The highest BCUT2D eigenvalue weighted by atomic mass is 32.1. The zero-order valence-corrected chi connectivity index (χ0v) is 16.6. The number of amides is 3. The van der Waals surface area contributed by atoms with Crippen LogP contribution in [-0.4, -0.2) is 64.2 Å². The Morgan fingerprint density at radius 3 is 2.81 bits per heavy atom. The first kappa shape index (κ1) is 18.4. The van der Waals surface area contributed by atoms with Crippen molar-refractivity contribution >= 4 is 29.1 Å². The van der Waals surface area contributed by atoms with Gasteiger partial charge in [0, 0.05) is 39.0 Å². The quantitative estimate of drug-likeness (QED) is 0.846.